The average Bonchev–Trinajstić information content (AvgIpc) is 2.78. The van der Waals surface area contributed by atoms with E-state index in [0.29, 0.717) is 12.3 Å². The summed E-state index contributed by atoms with van der Waals surface area (Å²) in [6, 6.07) is 3.64. The van der Waals surface area contributed by atoms with Gasteiger partial charge in [0.1, 0.15) is 11.4 Å². The van der Waals surface area contributed by atoms with E-state index in [4.69, 9.17) is 0 Å². The molecule has 0 atom stereocenters. The number of carbonyl (C=O) groups is 1. The number of pyridine rings is 1. The van der Waals surface area contributed by atoms with Gasteiger partial charge in [0.05, 0.1) is 25.4 Å². The number of benzene rings is 1. The Morgan fingerprint density at radius 1 is 1.02 bits per heavy atom. The molecular formula is C24H26F6N2O6S2. The summed E-state index contributed by atoms with van der Waals surface area (Å²) < 4.78 is 132. The Morgan fingerprint density at radius 2 is 1.62 bits per heavy atom. The zero-order chi connectivity index (χ0) is 30.5. The van der Waals surface area contributed by atoms with Crippen molar-refractivity contribution in [2.45, 2.75) is 78.9 Å². The summed E-state index contributed by atoms with van der Waals surface area (Å²) in [5.41, 5.74) is -2.07. The molecule has 8 nitrogen and oxygen atoms in total. The number of aromatic nitrogens is 1. The number of nitrogens with one attached hydrogen (secondary N) is 1. The standard InChI is InChI=1S/C24H26F6N2O6S2/c1-13(2)39(34,35)19-10-15(23(25,26)27)12-31-20(19)21(33)32-16-8-14(9-16)22(3,4)40(36,37)18-7-5-6-17(11-18)38-24(28,29)30/h5-7,10-14,16H,8-9H2,1-4H3,(H,32,33)/t14-,16+. The van der Waals surface area contributed by atoms with Gasteiger partial charge in [-0.25, -0.2) is 21.8 Å². The number of ether oxygens (including phenoxy) is 1. The maximum absolute atomic E-state index is 13.3. The molecule has 1 saturated carbocycles. The third-order valence-corrected chi connectivity index (χ3v) is 11.6. The smallest absolute Gasteiger partial charge is 0.406 e. The first-order chi connectivity index (χ1) is 18.1. The van der Waals surface area contributed by atoms with E-state index in [1.807, 2.05) is 0 Å². The highest BCUT2D eigenvalue weighted by Gasteiger charge is 2.49. The zero-order valence-electron chi connectivity index (χ0n) is 21.6. The Hall–Kier alpha value is -2.88. The second-order valence-corrected chi connectivity index (χ2v) is 15.1. The Morgan fingerprint density at radius 3 is 2.15 bits per heavy atom. The fourth-order valence-corrected chi connectivity index (χ4v) is 7.14. The van der Waals surface area contributed by atoms with Crippen molar-refractivity contribution in [1.82, 2.24) is 10.3 Å². The van der Waals surface area contributed by atoms with Crippen LogP contribution in [-0.2, 0) is 25.9 Å². The second-order valence-electron chi connectivity index (χ2n) is 10.1. The topological polar surface area (TPSA) is 119 Å². The Balaban J connectivity index is 1.79. The lowest BCUT2D eigenvalue weighted by molar-refractivity contribution is -0.274. The van der Waals surface area contributed by atoms with Gasteiger partial charge in [0.15, 0.2) is 19.7 Å². The predicted octanol–water partition coefficient (Wildman–Crippen LogP) is 4.94. The van der Waals surface area contributed by atoms with Gasteiger partial charge in [-0.1, -0.05) is 6.07 Å². The molecule has 1 heterocycles. The highest BCUT2D eigenvalue weighted by Crippen LogP contribution is 2.44. The lowest BCUT2D eigenvalue weighted by Crippen LogP contribution is -2.53. The van der Waals surface area contributed by atoms with Crippen LogP contribution in [0, 0.1) is 5.92 Å². The molecule has 0 bridgehead atoms. The number of rotatable bonds is 8. The number of hydrogen-bond donors (Lipinski definition) is 1. The molecule has 3 rings (SSSR count). The van der Waals surface area contributed by atoms with Gasteiger partial charge in [0.2, 0.25) is 0 Å². The predicted molar refractivity (Wildman–Crippen MR) is 130 cm³/mol. The van der Waals surface area contributed by atoms with E-state index < -0.39 is 86.9 Å². The molecule has 1 amide bonds. The van der Waals surface area contributed by atoms with E-state index in [9.17, 15) is 48.0 Å². The first kappa shape index (κ1) is 31.6. The van der Waals surface area contributed by atoms with Gasteiger partial charge in [-0.2, -0.15) is 13.2 Å². The lowest BCUT2D eigenvalue weighted by Gasteiger charge is -2.44. The van der Waals surface area contributed by atoms with Crippen molar-refractivity contribution >= 4 is 25.6 Å². The Bertz CT molecular complexity index is 1500. The SMILES string of the molecule is CC(C)S(=O)(=O)c1cc(C(F)(F)F)cnc1C(=O)N[C@H]1C[C@@H](C(C)(C)S(=O)(=O)c2cccc(OC(F)(F)F)c2)C1. The number of alkyl halides is 6. The molecule has 0 aliphatic heterocycles. The summed E-state index contributed by atoms with van der Waals surface area (Å²) in [5, 5.41) is 1.33. The third-order valence-electron chi connectivity index (χ3n) is 6.82. The molecule has 0 radical (unpaired) electrons. The van der Waals surface area contributed by atoms with Crippen molar-refractivity contribution in [3.63, 3.8) is 0 Å². The summed E-state index contributed by atoms with van der Waals surface area (Å²) in [7, 11) is -8.54. The van der Waals surface area contributed by atoms with Crippen molar-refractivity contribution in [2.24, 2.45) is 5.92 Å². The summed E-state index contributed by atoms with van der Waals surface area (Å²) in [4.78, 5) is 15.1. The summed E-state index contributed by atoms with van der Waals surface area (Å²) in [5.74, 6) is -2.33. The van der Waals surface area contributed by atoms with Crippen LogP contribution >= 0.6 is 0 Å². The van der Waals surface area contributed by atoms with E-state index in [2.05, 4.69) is 15.0 Å². The van der Waals surface area contributed by atoms with Gasteiger partial charge in [-0.15, -0.1) is 13.2 Å². The van der Waals surface area contributed by atoms with Gasteiger partial charge < -0.3 is 10.1 Å². The van der Waals surface area contributed by atoms with Crippen molar-refractivity contribution in [3.05, 3.63) is 47.8 Å². The normalized spacial score (nSPS) is 18.8. The first-order valence-corrected chi connectivity index (χ1v) is 14.8. The van der Waals surface area contributed by atoms with Crippen LogP contribution in [0.3, 0.4) is 0 Å². The zero-order valence-corrected chi connectivity index (χ0v) is 23.2. The van der Waals surface area contributed by atoms with Gasteiger partial charge in [-0.05, 0) is 70.7 Å². The molecule has 1 aromatic heterocycles. The molecular weight excluding hydrogens is 590 g/mol. The molecule has 40 heavy (non-hydrogen) atoms. The number of halogens is 6. The van der Waals surface area contributed by atoms with Gasteiger partial charge >= 0.3 is 12.5 Å². The van der Waals surface area contributed by atoms with E-state index in [1.54, 1.807) is 0 Å². The molecule has 1 aliphatic carbocycles. The molecule has 0 unspecified atom stereocenters. The molecule has 1 aliphatic rings. The summed E-state index contributed by atoms with van der Waals surface area (Å²) >= 11 is 0. The maximum Gasteiger partial charge on any atom is 0.573 e. The minimum Gasteiger partial charge on any atom is -0.406 e. The number of amides is 1. The first-order valence-electron chi connectivity index (χ1n) is 11.8. The third kappa shape index (κ3) is 6.37. The Kier molecular flexibility index (Phi) is 8.31. The minimum atomic E-state index is -5.02. The van der Waals surface area contributed by atoms with Crippen molar-refractivity contribution in [1.29, 1.82) is 0 Å². The quantitative estimate of drug-likeness (QED) is 0.417. The van der Waals surface area contributed by atoms with Crippen LogP contribution in [0.25, 0.3) is 0 Å². The summed E-state index contributed by atoms with van der Waals surface area (Å²) in [6.45, 7) is 5.24. The van der Waals surface area contributed by atoms with Crippen LogP contribution in [0.4, 0.5) is 26.3 Å². The number of sulfone groups is 2. The lowest BCUT2D eigenvalue weighted by atomic mass is 9.73. The fraction of sp³-hybridized carbons (Fsp3) is 0.500. The number of carbonyl (C=O) groups excluding carboxylic acids is 1. The summed E-state index contributed by atoms with van der Waals surface area (Å²) in [6.07, 6.45) is -9.40. The van der Waals surface area contributed by atoms with Gasteiger partial charge in [0, 0.05) is 12.2 Å². The van der Waals surface area contributed by atoms with Gasteiger partial charge in [0.25, 0.3) is 5.91 Å². The van der Waals surface area contributed by atoms with Crippen LogP contribution in [0.2, 0.25) is 0 Å². The second kappa shape index (κ2) is 10.5. The van der Waals surface area contributed by atoms with E-state index >= 15 is 0 Å². The van der Waals surface area contributed by atoms with E-state index in [-0.39, 0.29) is 12.8 Å². The Labute approximate surface area is 227 Å². The van der Waals surface area contributed by atoms with E-state index in [0.717, 1.165) is 24.3 Å². The average molecular weight is 617 g/mol. The highest BCUT2D eigenvalue weighted by atomic mass is 32.2. The van der Waals surface area contributed by atoms with Crippen molar-refractivity contribution in [3.8, 4) is 5.75 Å². The molecule has 1 N–H and O–H groups in total. The highest BCUT2D eigenvalue weighted by molar-refractivity contribution is 7.93. The molecule has 222 valence electrons. The molecule has 16 heteroatoms. The minimum absolute atomic E-state index is 0.0869. The number of hydrogen-bond acceptors (Lipinski definition) is 7. The van der Waals surface area contributed by atoms with Crippen molar-refractivity contribution < 1.29 is 52.7 Å². The molecule has 0 saturated heterocycles. The van der Waals surface area contributed by atoms with Crippen LogP contribution < -0.4 is 10.1 Å². The fourth-order valence-electron chi connectivity index (χ4n) is 4.16. The molecule has 1 fully saturated rings. The molecule has 0 spiro atoms. The van der Waals surface area contributed by atoms with Crippen LogP contribution in [0.15, 0.2) is 46.3 Å². The van der Waals surface area contributed by atoms with Crippen LogP contribution in [0.5, 0.6) is 5.75 Å². The maximum atomic E-state index is 13.3. The molecule has 2 aromatic rings. The largest absolute Gasteiger partial charge is 0.573 e. The monoisotopic (exact) mass is 616 g/mol. The van der Waals surface area contributed by atoms with Crippen molar-refractivity contribution in [2.75, 3.05) is 0 Å². The van der Waals surface area contributed by atoms with E-state index in [1.165, 1.54) is 27.7 Å². The van der Waals surface area contributed by atoms with Crippen LogP contribution in [0.1, 0.15) is 56.6 Å². The number of nitrogens with zero attached hydrogens (tertiary/aromatic N) is 1. The van der Waals surface area contributed by atoms with Gasteiger partial charge in [-0.3, -0.25) is 4.79 Å². The van der Waals surface area contributed by atoms with Crippen LogP contribution in [-0.4, -0.2) is 50.1 Å². The molecule has 1 aromatic carbocycles.